The van der Waals surface area contributed by atoms with E-state index in [0.717, 1.165) is 60.5 Å². The molecule has 6 heteroatoms. The van der Waals surface area contributed by atoms with Gasteiger partial charge in [0.2, 0.25) is 0 Å². The summed E-state index contributed by atoms with van der Waals surface area (Å²) in [4.78, 5) is 30.2. The summed E-state index contributed by atoms with van der Waals surface area (Å²) in [6.07, 6.45) is 5.80. The van der Waals surface area contributed by atoms with Gasteiger partial charge in [0.25, 0.3) is 5.91 Å². The molecule has 3 aliphatic rings. The number of aromatic amines is 1. The third-order valence-corrected chi connectivity index (χ3v) is 6.22. The number of amides is 1. The fourth-order valence-electron chi connectivity index (χ4n) is 4.75. The van der Waals surface area contributed by atoms with Crippen LogP contribution in [0.5, 0.6) is 0 Å². The van der Waals surface area contributed by atoms with Crippen LogP contribution in [0.1, 0.15) is 34.6 Å². The van der Waals surface area contributed by atoms with Crippen LogP contribution >= 0.6 is 0 Å². The lowest BCUT2D eigenvalue weighted by Gasteiger charge is -2.36. The van der Waals surface area contributed by atoms with Gasteiger partial charge in [-0.3, -0.25) is 14.7 Å². The minimum Gasteiger partial charge on any atom is -0.348 e. The minimum absolute atomic E-state index is 0.122. The number of piperidine rings is 1. The number of fused-ring (bicyclic) bond motifs is 5. The Hall–Kier alpha value is -2.73. The fraction of sp³-hybridized carbons (Fsp3) is 0.409. The van der Waals surface area contributed by atoms with Gasteiger partial charge < -0.3 is 9.88 Å². The molecule has 3 fully saturated rings. The van der Waals surface area contributed by atoms with E-state index in [4.69, 9.17) is 0 Å². The average molecular weight is 375 g/mol. The number of pyridine rings is 1. The second-order valence-corrected chi connectivity index (χ2v) is 8.10. The maximum atomic E-state index is 13.5. The van der Waals surface area contributed by atoms with Crippen LogP contribution in [-0.2, 0) is 6.54 Å². The summed E-state index contributed by atoms with van der Waals surface area (Å²) in [5, 5.41) is 1.02. The minimum atomic E-state index is 0.122. The highest BCUT2D eigenvalue weighted by Crippen LogP contribution is 2.31. The Morgan fingerprint density at radius 1 is 1.14 bits per heavy atom. The molecule has 28 heavy (non-hydrogen) atoms. The number of benzene rings is 1. The average Bonchev–Trinajstić information content (AvgIpc) is 2.93. The second-order valence-electron chi connectivity index (χ2n) is 8.10. The standard InChI is InChI=1S/C22H25N5O/c1-15-20(25-14-24-15)13-26-10-16-7-8-18(12-26)27(11-16)22(28)19-6-2-4-17-5-3-9-23-21(17)19/h2-6,9,14,16,18H,7-8,10-13H2,1H3,(H,24,25)/t16-,18+/m1/s1. The SMILES string of the molecule is Cc1[nH]cnc1CN1C[C@H]2CC[C@@H](C1)N(C(=O)c1cccc3cccnc13)C2. The summed E-state index contributed by atoms with van der Waals surface area (Å²) in [6.45, 7) is 5.69. The molecule has 0 spiro atoms. The predicted molar refractivity (Wildman–Crippen MR) is 108 cm³/mol. The topological polar surface area (TPSA) is 65.1 Å². The molecule has 6 rings (SSSR count). The molecule has 1 N–H and O–H groups in total. The summed E-state index contributed by atoms with van der Waals surface area (Å²) in [5.41, 5.74) is 3.77. The Morgan fingerprint density at radius 3 is 2.89 bits per heavy atom. The number of nitrogens with zero attached hydrogens (tertiary/aromatic N) is 4. The lowest BCUT2D eigenvalue weighted by atomic mass is 9.94. The van der Waals surface area contributed by atoms with Crippen LogP contribution in [0.4, 0.5) is 0 Å². The largest absolute Gasteiger partial charge is 0.348 e. The first-order valence-corrected chi connectivity index (χ1v) is 10.0. The third kappa shape index (κ3) is 3.07. The van der Waals surface area contributed by atoms with E-state index in [-0.39, 0.29) is 11.9 Å². The van der Waals surface area contributed by atoms with Gasteiger partial charge in [0.1, 0.15) is 0 Å². The van der Waals surface area contributed by atoms with Crippen molar-refractivity contribution >= 4 is 16.8 Å². The molecule has 0 saturated carbocycles. The molecule has 2 bridgehead atoms. The first kappa shape index (κ1) is 17.4. The molecular weight excluding hydrogens is 350 g/mol. The van der Waals surface area contributed by atoms with Gasteiger partial charge >= 0.3 is 0 Å². The molecule has 1 amide bonds. The molecule has 0 aliphatic carbocycles. The van der Waals surface area contributed by atoms with Crippen molar-refractivity contribution < 1.29 is 4.79 Å². The zero-order valence-electron chi connectivity index (χ0n) is 16.1. The molecule has 2 atom stereocenters. The lowest BCUT2D eigenvalue weighted by Crippen LogP contribution is -2.47. The van der Waals surface area contributed by atoms with E-state index in [1.54, 1.807) is 12.5 Å². The maximum Gasteiger partial charge on any atom is 0.256 e. The molecule has 0 radical (unpaired) electrons. The number of para-hydroxylation sites is 1. The van der Waals surface area contributed by atoms with E-state index in [2.05, 4.69) is 31.7 Å². The number of hydrogen-bond acceptors (Lipinski definition) is 4. The zero-order valence-corrected chi connectivity index (χ0v) is 16.1. The van der Waals surface area contributed by atoms with Crippen molar-refractivity contribution in [1.82, 2.24) is 24.8 Å². The number of aryl methyl sites for hydroxylation is 1. The van der Waals surface area contributed by atoms with Crippen LogP contribution in [-0.4, -0.2) is 56.3 Å². The van der Waals surface area contributed by atoms with Crippen molar-refractivity contribution in [2.45, 2.75) is 32.4 Å². The van der Waals surface area contributed by atoms with Gasteiger partial charge in [-0.2, -0.15) is 0 Å². The van der Waals surface area contributed by atoms with Crippen molar-refractivity contribution in [3.63, 3.8) is 0 Å². The number of carbonyl (C=O) groups is 1. The Morgan fingerprint density at radius 2 is 2.04 bits per heavy atom. The molecule has 5 heterocycles. The predicted octanol–water partition coefficient (Wildman–Crippen LogP) is 3.00. The van der Waals surface area contributed by atoms with Gasteiger partial charge in [-0.05, 0) is 37.8 Å². The number of aromatic nitrogens is 3. The number of carbonyl (C=O) groups excluding carboxylic acids is 1. The highest BCUT2D eigenvalue weighted by Gasteiger charge is 2.38. The van der Waals surface area contributed by atoms with E-state index in [1.165, 1.54) is 6.42 Å². The van der Waals surface area contributed by atoms with E-state index in [0.29, 0.717) is 5.92 Å². The summed E-state index contributed by atoms with van der Waals surface area (Å²) in [5.74, 6) is 0.640. The van der Waals surface area contributed by atoms with Gasteiger partial charge in [0.05, 0.1) is 23.1 Å². The Kier molecular flexibility index (Phi) is 4.36. The van der Waals surface area contributed by atoms with Crippen molar-refractivity contribution in [2.75, 3.05) is 19.6 Å². The lowest BCUT2D eigenvalue weighted by molar-refractivity contribution is 0.0586. The highest BCUT2D eigenvalue weighted by atomic mass is 16.2. The number of nitrogens with one attached hydrogen (secondary N) is 1. The molecule has 3 saturated heterocycles. The quantitative estimate of drug-likeness (QED) is 0.764. The van der Waals surface area contributed by atoms with Gasteiger partial charge in [0, 0.05) is 49.5 Å². The van der Waals surface area contributed by atoms with Crippen molar-refractivity contribution in [1.29, 1.82) is 0 Å². The Labute approximate surface area is 164 Å². The monoisotopic (exact) mass is 375 g/mol. The van der Waals surface area contributed by atoms with E-state index in [1.807, 2.05) is 30.3 Å². The van der Waals surface area contributed by atoms with Gasteiger partial charge in [0.15, 0.2) is 0 Å². The van der Waals surface area contributed by atoms with Crippen molar-refractivity contribution in [3.8, 4) is 0 Å². The fourth-order valence-corrected chi connectivity index (χ4v) is 4.75. The summed E-state index contributed by atoms with van der Waals surface area (Å²) < 4.78 is 0. The normalized spacial score (nSPS) is 22.5. The van der Waals surface area contributed by atoms with E-state index in [9.17, 15) is 4.79 Å². The van der Waals surface area contributed by atoms with Crippen LogP contribution in [0.15, 0.2) is 42.9 Å². The van der Waals surface area contributed by atoms with E-state index >= 15 is 0 Å². The molecule has 6 nitrogen and oxygen atoms in total. The van der Waals surface area contributed by atoms with E-state index < -0.39 is 0 Å². The van der Waals surface area contributed by atoms with Gasteiger partial charge in [-0.1, -0.05) is 18.2 Å². The first-order chi connectivity index (χ1) is 13.7. The Balaban J connectivity index is 1.40. The molecule has 144 valence electrons. The van der Waals surface area contributed by atoms with Crippen LogP contribution in [0, 0.1) is 12.8 Å². The highest BCUT2D eigenvalue weighted by molar-refractivity contribution is 6.05. The molecular formula is C22H25N5O. The molecule has 1 aromatic carbocycles. The first-order valence-electron chi connectivity index (χ1n) is 10.0. The van der Waals surface area contributed by atoms with Crippen LogP contribution in [0.3, 0.4) is 0 Å². The number of imidazole rings is 1. The summed E-state index contributed by atoms with van der Waals surface area (Å²) >= 11 is 0. The van der Waals surface area contributed by atoms with Gasteiger partial charge in [-0.15, -0.1) is 0 Å². The molecule has 3 aromatic rings. The Bertz CT molecular complexity index is 1010. The molecule has 3 aliphatic heterocycles. The zero-order chi connectivity index (χ0) is 19.1. The van der Waals surface area contributed by atoms with Gasteiger partial charge in [-0.25, -0.2) is 4.98 Å². The van der Waals surface area contributed by atoms with Crippen molar-refractivity contribution in [3.05, 3.63) is 59.8 Å². The molecule has 2 aromatic heterocycles. The molecule has 0 unspecified atom stereocenters. The summed E-state index contributed by atoms with van der Waals surface area (Å²) in [7, 11) is 0. The van der Waals surface area contributed by atoms with Crippen molar-refractivity contribution in [2.24, 2.45) is 5.92 Å². The number of rotatable bonds is 3. The smallest absolute Gasteiger partial charge is 0.256 e. The third-order valence-electron chi connectivity index (χ3n) is 6.22. The maximum absolute atomic E-state index is 13.5. The number of hydrogen-bond donors (Lipinski definition) is 1. The summed E-state index contributed by atoms with van der Waals surface area (Å²) in [6, 6.07) is 10.1. The second kappa shape index (κ2) is 7.02. The van der Waals surface area contributed by atoms with Crippen LogP contribution < -0.4 is 0 Å². The van der Waals surface area contributed by atoms with Crippen LogP contribution in [0.25, 0.3) is 10.9 Å². The number of H-pyrrole nitrogens is 1. The van der Waals surface area contributed by atoms with Crippen LogP contribution in [0.2, 0.25) is 0 Å².